The number of anilines is 1. The molecule has 0 saturated heterocycles. The summed E-state index contributed by atoms with van der Waals surface area (Å²) in [5.74, 6) is 1.21. The van der Waals surface area contributed by atoms with Crippen molar-refractivity contribution in [1.29, 1.82) is 0 Å². The van der Waals surface area contributed by atoms with E-state index in [-0.39, 0.29) is 17.3 Å². The molecule has 0 unspecified atom stereocenters. The van der Waals surface area contributed by atoms with Gasteiger partial charge in [0, 0.05) is 25.9 Å². The molecule has 1 aromatic carbocycles. The lowest BCUT2D eigenvalue weighted by atomic mass is 9.78. The van der Waals surface area contributed by atoms with Crippen LogP contribution >= 0.6 is 0 Å². The number of Topliss-reactive ketones (excluding diaryl/α,β-unsaturated/α-hetero) is 1. The second kappa shape index (κ2) is 10.5. The van der Waals surface area contributed by atoms with Gasteiger partial charge in [-0.3, -0.25) is 4.79 Å². The van der Waals surface area contributed by atoms with E-state index in [1.165, 1.54) is 37.5 Å². The van der Waals surface area contributed by atoms with E-state index in [9.17, 15) is 9.18 Å². The smallest absolute Gasteiger partial charge is 0.228 e. The number of ether oxygens (including phenoxy) is 1. The van der Waals surface area contributed by atoms with Crippen molar-refractivity contribution in [2.24, 2.45) is 11.8 Å². The lowest BCUT2D eigenvalue weighted by Crippen LogP contribution is -2.19. The minimum Gasteiger partial charge on any atom is -0.438 e. The lowest BCUT2D eigenvalue weighted by molar-refractivity contribution is 0.0935. The van der Waals surface area contributed by atoms with Crippen LogP contribution in [0.25, 0.3) is 11.3 Å². The summed E-state index contributed by atoms with van der Waals surface area (Å²) in [5.41, 5.74) is 1.36. The highest BCUT2D eigenvalue weighted by Gasteiger charge is 2.24. The van der Waals surface area contributed by atoms with Crippen LogP contribution in [-0.4, -0.2) is 27.8 Å². The van der Waals surface area contributed by atoms with Crippen molar-refractivity contribution in [2.75, 3.05) is 12.4 Å². The number of hydrogen-bond donors (Lipinski definition) is 1. The Hall–Kier alpha value is -3.35. The summed E-state index contributed by atoms with van der Waals surface area (Å²) in [5, 5.41) is 2.91. The Morgan fingerprint density at radius 3 is 2.76 bits per heavy atom. The number of nitrogens with zero attached hydrogens (tertiary/aromatic N) is 3. The first-order chi connectivity index (χ1) is 16.0. The van der Waals surface area contributed by atoms with Crippen molar-refractivity contribution in [3.05, 3.63) is 60.2 Å². The molecule has 1 fully saturated rings. The van der Waals surface area contributed by atoms with Gasteiger partial charge in [0.05, 0.1) is 16.8 Å². The maximum absolute atomic E-state index is 14.6. The monoisotopic (exact) mass is 448 g/mol. The highest BCUT2D eigenvalue weighted by Crippen LogP contribution is 2.34. The second-order valence-electron chi connectivity index (χ2n) is 8.62. The molecule has 1 N–H and O–H groups in total. The van der Waals surface area contributed by atoms with E-state index in [0.29, 0.717) is 41.2 Å². The summed E-state index contributed by atoms with van der Waals surface area (Å²) >= 11 is 0. The Bertz CT molecular complexity index is 1110. The Morgan fingerprint density at radius 1 is 1.15 bits per heavy atom. The van der Waals surface area contributed by atoms with Crippen molar-refractivity contribution in [2.45, 2.75) is 45.4 Å². The average Bonchev–Trinajstić information content (AvgIpc) is 2.86. The predicted octanol–water partition coefficient (Wildman–Crippen LogP) is 6.30. The molecule has 7 heteroatoms. The molecular formula is C26H29FN4O2. The topological polar surface area (TPSA) is 77.0 Å². The van der Waals surface area contributed by atoms with Gasteiger partial charge in [-0.2, -0.15) is 0 Å². The summed E-state index contributed by atoms with van der Waals surface area (Å²) in [6, 6.07) is 9.65. The molecule has 2 heterocycles. The fraction of sp³-hybridized carbons (Fsp3) is 0.385. The molecule has 1 aliphatic carbocycles. The molecule has 1 atom stereocenters. The van der Waals surface area contributed by atoms with Crippen LogP contribution in [-0.2, 0) is 0 Å². The normalized spacial score (nSPS) is 15.1. The van der Waals surface area contributed by atoms with Crippen LogP contribution in [0.4, 0.5) is 10.3 Å². The van der Waals surface area contributed by atoms with Gasteiger partial charge in [0.25, 0.3) is 0 Å². The van der Waals surface area contributed by atoms with Gasteiger partial charge in [0.1, 0.15) is 11.6 Å². The minimum atomic E-state index is -0.529. The molecule has 4 rings (SSSR count). The van der Waals surface area contributed by atoms with Crippen molar-refractivity contribution >= 4 is 11.7 Å². The van der Waals surface area contributed by atoms with Crippen LogP contribution in [0.15, 0.2) is 48.8 Å². The molecular weight excluding hydrogens is 419 g/mol. The first-order valence-electron chi connectivity index (χ1n) is 11.5. The number of pyridine rings is 1. The molecule has 2 aromatic heterocycles. The first kappa shape index (κ1) is 22.8. The van der Waals surface area contributed by atoms with Gasteiger partial charge in [0.15, 0.2) is 5.78 Å². The molecule has 0 aliphatic heterocycles. The lowest BCUT2D eigenvalue weighted by Gasteiger charge is -2.27. The van der Waals surface area contributed by atoms with Gasteiger partial charge in [0.2, 0.25) is 11.8 Å². The SMILES string of the molecule is CNc1nccc(-c2cccnc2Oc2ccc(F)c(C(=O)C[C@H](C)C3CCCCC3)c2)n1. The highest BCUT2D eigenvalue weighted by molar-refractivity contribution is 5.96. The maximum Gasteiger partial charge on any atom is 0.228 e. The zero-order valence-electron chi connectivity index (χ0n) is 19.1. The van der Waals surface area contributed by atoms with E-state index in [0.717, 1.165) is 12.8 Å². The van der Waals surface area contributed by atoms with Gasteiger partial charge < -0.3 is 10.1 Å². The molecule has 0 amide bonds. The fourth-order valence-corrected chi connectivity index (χ4v) is 4.46. The van der Waals surface area contributed by atoms with Crippen LogP contribution < -0.4 is 10.1 Å². The number of rotatable bonds is 8. The second-order valence-corrected chi connectivity index (χ2v) is 8.62. The number of benzene rings is 1. The molecule has 172 valence electrons. The summed E-state index contributed by atoms with van der Waals surface area (Å²) in [7, 11) is 1.74. The molecule has 3 aromatic rings. The molecule has 6 nitrogen and oxygen atoms in total. The van der Waals surface area contributed by atoms with E-state index in [4.69, 9.17) is 4.74 Å². The summed E-state index contributed by atoms with van der Waals surface area (Å²) in [4.78, 5) is 25.9. The van der Waals surface area contributed by atoms with Gasteiger partial charge >= 0.3 is 0 Å². The number of carbonyl (C=O) groups excluding carboxylic acids is 1. The van der Waals surface area contributed by atoms with E-state index < -0.39 is 5.82 Å². The zero-order valence-corrected chi connectivity index (χ0v) is 19.1. The summed E-state index contributed by atoms with van der Waals surface area (Å²) in [6.07, 6.45) is 9.61. The predicted molar refractivity (Wildman–Crippen MR) is 126 cm³/mol. The number of carbonyl (C=O) groups is 1. The van der Waals surface area contributed by atoms with Gasteiger partial charge in [-0.25, -0.2) is 19.3 Å². The standard InChI is InChI=1S/C26H29FN4O2/c1-17(18-7-4-3-5-8-18)15-24(32)21-16-19(10-11-22(21)27)33-25-20(9-6-13-29-25)23-12-14-30-26(28-2)31-23/h6,9-14,16-18H,3-5,7-8,15H2,1-2H3,(H,28,30,31)/t17-/m0/s1. The third-order valence-electron chi connectivity index (χ3n) is 6.34. The number of ketones is 1. The van der Waals surface area contributed by atoms with Crippen LogP contribution in [0.1, 0.15) is 55.8 Å². The van der Waals surface area contributed by atoms with Crippen LogP contribution in [0.5, 0.6) is 11.6 Å². The van der Waals surface area contributed by atoms with Gasteiger partial charge in [-0.05, 0) is 48.2 Å². The third kappa shape index (κ3) is 5.53. The van der Waals surface area contributed by atoms with Crippen LogP contribution in [0.3, 0.4) is 0 Å². The number of aromatic nitrogens is 3. The van der Waals surface area contributed by atoms with E-state index in [1.807, 2.05) is 6.07 Å². The number of nitrogens with one attached hydrogen (secondary N) is 1. The zero-order chi connectivity index (χ0) is 23.2. The molecule has 1 saturated carbocycles. The Morgan fingerprint density at radius 2 is 1.97 bits per heavy atom. The van der Waals surface area contributed by atoms with Crippen molar-refractivity contribution in [3.8, 4) is 22.9 Å². The molecule has 0 radical (unpaired) electrons. The molecule has 1 aliphatic rings. The molecule has 0 spiro atoms. The maximum atomic E-state index is 14.6. The Balaban J connectivity index is 1.54. The quantitative estimate of drug-likeness (QED) is 0.408. The third-order valence-corrected chi connectivity index (χ3v) is 6.34. The van der Waals surface area contributed by atoms with Crippen LogP contribution in [0.2, 0.25) is 0 Å². The highest BCUT2D eigenvalue weighted by atomic mass is 19.1. The van der Waals surface area contributed by atoms with Gasteiger partial charge in [-0.15, -0.1) is 0 Å². The van der Waals surface area contributed by atoms with E-state index >= 15 is 0 Å². The minimum absolute atomic E-state index is 0.0622. The molecule has 33 heavy (non-hydrogen) atoms. The van der Waals surface area contributed by atoms with E-state index in [1.54, 1.807) is 31.6 Å². The summed E-state index contributed by atoms with van der Waals surface area (Å²) < 4.78 is 20.6. The largest absolute Gasteiger partial charge is 0.438 e. The Kier molecular flexibility index (Phi) is 7.27. The average molecular weight is 449 g/mol. The fourth-order valence-electron chi connectivity index (χ4n) is 4.46. The van der Waals surface area contributed by atoms with Crippen molar-refractivity contribution < 1.29 is 13.9 Å². The van der Waals surface area contributed by atoms with Crippen LogP contribution in [0, 0.1) is 17.7 Å². The molecule has 0 bridgehead atoms. The Labute approximate surface area is 193 Å². The van der Waals surface area contributed by atoms with Gasteiger partial charge in [-0.1, -0.05) is 39.0 Å². The van der Waals surface area contributed by atoms with Crippen molar-refractivity contribution in [1.82, 2.24) is 15.0 Å². The summed E-state index contributed by atoms with van der Waals surface area (Å²) in [6.45, 7) is 2.10. The first-order valence-corrected chi connectivity index (χ1v) is 11.5. The number of hydrogen-bond acceptors (Lipinski definition) is 6. The van der Waals surface area contributed by atoms with E-state index in [2.05, 4.69) is 27.2 Å². The van der Waals surface area contributed by atoms with Crippen molar-refractivity contribution in [3.63, 3.8) is 0 Å². The number of halogens is 1.